The van der Waals surface area contributed by atoms with Crippen LogP contribution >= 0.6 is 0 Å². The number of hydrogen-bond donors (Lipinski definition) is 0. The summed E-state index contributed by atoms with van der Waals surface area (Å²) in [6, 6.07) is 2.44. The summed E-state index contributed by atoms with van der Waals surface area (Å²) in [7, 11) is 0. The van der Waals surface area contributed by atoms with Gasteiger partial charge in [0.1, 0.15) is 5.82 Å². The van der Waals surface area contributed by atoms with Crippen LogP contribution < -0.4 is 0 Å². The van der Waals surface area contributed by atoms with E-state index in [-0.39, 0.29) is 0 Å². The van der Waals surface area contributed by atoms with Crippen molar-refractivity contribution >= 4 is 11.8 Å². The lowest BCUT2D eigenvalue weighted by molar-refractivity contribution is 0.261. The Hall–Kier alpha value is -1.51. The Morgan fingerprint density at radius 3 is 2.41 bits per heavy atom. The van der Waals surface area contributed by atoms with Crippen LogP contribution in [0.1, 0.15) is 123 Å². The molecule has 0 aromatic carbocycles. The van der Waals surface area contributed by atoms with Gasteiger partial charge in [-0.1, -0.05) is 59.0 Å². The lowest BCUT2D eigenvalue weighted by Crippen LogP contribution is -2.16. The van der Waals surface area contributed by atoms with Crippen LogP contribution in [0, 0.1) is 23.7 Å². The average molecular weight is 438 g/mol. The highest BCUT2D eigenvalue weighted by atomic mass is 14.9. The quantitative estimate of drug-likeness (QED) is 0.327. The molecule has 0 N–H and O–H groups in total. The Bertz CT molecular complexity index is 766. The van der Waals surface area contributed by atoms with Crippen LogP contribution in [0.2, 0.25) is 0 Å². The number of aliphatic imine (C=N–C) groups is 1. The zero-order valence-corrected chi connectivity index (χ0v) is 21.6. The summed E-state index contributed by atoms with van der Waals surface area (Å²) in [6.07, 6.45) is 17.2. The van der Waals surface area contributed by atoms with E-state index in [1.165, 1.54) is 68.9 Å². The summed E-state index contributed by atoms with van der Waals surface area (Å²) in [5, 5.41) is 0. The van der Waals surface area contributed by atoms with Gasteiger partial charge in [-0.2, -0.15) is 0 Å². The number of rotatable bonds is 11. The average Bonchev–Trinajstić information content (AvgIpc) is 3.59. The zero-order valence-electron chi connectivity index (χ0n) is 21.6. The van der Waals surface area contributed by atoms with Crippen LogP contribution in [0.25, 0.3) is 5.57 Å². The molecule has 178 valence electrons. The van der Waals surface area contributed by atoms with E-state index in [1.54, 1.807) is 0 Å². The van der Waals surface area contributed by atoms with Crippen molar-refractivity contribution in [3.8, 4) is 0 Å². The Labute approximate surface area is 197 Å². The number of nitrogens with zero attached hydrogens (tertiary/aromatic N) is 3. The molecule has 2 unspecified atom stereocenters. The van der Waals surface area contributed by atoms with Crippen LogP contribution in [-0.2, 0) is 0 Å². The standard InChI is InChI=1S/C29H47N3/c1-7-23(6)31-19-27(22(5)18-25-12-13-25)28-16-17-30-29(32-28)26(20(2)3)15-14-24-10-8-21(4)9-11-24/h16-17,19-21,23-26H,7-15,18H2,1-6H3/b27-22-,31-19-/t21-,23?,24+,26?. The van der Waals surface area contributed by atoms with E-state index in [0.29, 0.717) is 17.9 Å². The van der Waals surface area contributed by atoms with Gasteiger partial charge in [0.25, 0.3) is 0 Å². The van der Waals surface area contributed by atoms with Gasteiger partial charge in [-0.3, -0.25) is 4.99 Å². The van der Waals surface area contributed by atoms with Crippen LogP contribution in [0.3, 0.4) is 0 Å². The van der Waals surface area contributed by atoms with Crippen molar-refractivity contribution in [3.05, 3.63) is 29.4 Å². The Morgan fingerprint density at radius 1 is 1.09 bits per heavy atom. The van der Waals surface area contributed by atoms with Gasteiger partial charge in [0, 0.05) is 29.9 Å². The fraction of sp³-hybridized carbons (Fsp3) is 0.759. The molecular formula is C29H47N3. The first kappa shape index (κ1) is 25.1. The molecule has 0 amide bonds. The molecule has 3 nitrogen and oxygen atoms in total. The summed E-state index contributed by atoms with van der Waals surface area (Å²) in [5.41, 5.74) is 3.73. The van der Waals surface area contributed by atoms with Gasteiger partial charge in [0.15, 0.2) is 0 Å². The van der Waals surface area contributed by atoms with Crippen LogP contribution in [0.5, 0.6) is 0 Å². The van der Waals surface area contributed by atoms with Gasteiger partial charge >= 0.3 is 0 Å². The minimum Gasteiger partial charge on any atom is -0.289 e. The maximum absolute atomic E-state index is 5.16. The second-order valence-electron chi connectivity index (χ2n) is 11.2. The SMILES string of the molecule is CCC(C)/N=C\C(=C(/C)CC1CC1)c1ccnc(C(CC[C@H]2CC[C@@H](C)CC2)C(C)C)n1. The van der Waals surface area contributed by atoms with Crippen molar-refractivity contribution in [2.45, 2.75) is 118 Å². The lowest BCUT2D eigenvalue weighted by Gasteiger charge is -2.28. The Kier molecular flexibility index (Phi) is 9.49. The van der Waals surface area contributed by atoms with Gasteiger partial charge in [-0.05, 0) is 82.1 Å². The summed E-state index contributed by atoms with van der Waals surface area (Å²) < 4.78 is 0. The van der Waals surface area contributed by atoms with Gasteiger partial charge < -0.3 is 0 Å². The highest BCUT2D eigenvalue weighted by Crippen LogP contribution is 2.38. The molecule has 0 spiro atoms. The molecule has 1 aromatic rings. The topological polar surface area (TPSA) is 38.1 Å². The molecule has 1 heterocycles. The first-order valence-electron chi connectivity index (χ1n) is 13.4. The third-order valence-electron chi connectivity index (χ3n) is 7.91. The Balaban J connectivity index is 1.79. The molecule has 2 fully saturated rings. The molecule has 1 aromatic heterocycles. The molecule has 3 heteroatoms. The molecule has 2 aliphatic carbocycles. The van der Waals surface area contributed by atoms with Crippen molar-refractivity contribution in [2.24, 2.45) is 28.7 Å². The fourth-order valence-corrected chi connectivity index (χ4v) is 5.06. The van der Waals surface area contributed by atoms with Gasteiger partial charge in [-0.25, -0.2) is 9.97 Å². The van der Waals surface area contributed by atoms with Crippen LogP contribution in [0.15, 0.2) is 22.8 Å². The first-order chi connectivity index (χ1) is 15.4. The second kappa shape index (κ2) is 12.1. The largest absolute Gasteiger partial charge is 0.289 e. The predicted octanol–water partition coefficient (Wildman–Crippen LogP) is 8.27. The third-order valence-corrected chi connectivity index (χ3v) is 7.91. The molecular weight excluding hydrogens is 390 g/mol. The van der Waals surface area contributed by atoms with Gasteiger partial charge in [0.2, 0.25) is 0 Å². The van der Waals surface area contributed by atoms with Crippen molar-refractivity contribution in [1.82, 2.24) is 9.97 Å². The summed E-state index contributed by atoms with van der Waals surface area (Å²) in [6.45, 7) is 13.8. The third kappa shape index (κ3) is 7.52. The smallest absolute Gasteiger partial charge is 0.132 e. The monoisotopic (exact) mass is 437 g/mol. The minimum absolute atomic E-state index is 0.349. The van der Waals surface area contributed by atoms with E-state index in [0.717, 1.165) is 35.7 Å². The molecule has 0 bridgehead atoms. The van der Waals surface area contributed by atoms with E-state index < -0.39 is 0 Å². The van der Waals surface area contributed by atoms with E-state index in [4.69, 9.17) is 15.0 Å². The molecule has 2 saturated carbocycles. The summed E-state index contributed by atoms with van der Waals surface area (Å²) in [5.74, 6) is 4.72. The molecule has 32 heavy (non-hydrogen) atoms. The maximum Gasteiger partial charge on any atom is 0.132 e. The Morgan fingerprint density at radius 2 is 1.78 bits per heavy atom. The van der Waals surface area contributed by atoms with Gasteiger partial charge in [-0.15, -0.1) is 0 Å². The summed E-state index contributed by atoms with van der Waals surface area (Å²) in [4.78, 5) is 14.8. The first-order valence-corrected chi connectivity index (χ1v) is 13.4. The molecule has 2 atom stereocenters. The van der Waals surface area contributed by atoms with Crippen LogP contribution in [0.4, 0.5) is 0 Å². The molecule has 0 radical (unpaired) electrons. The number of aromatic nitrogens is 2. The minimum atomic E-state index is 0.349. The van der Waals surface area contributed by atoms with Crippen molar-refractivity contribution in [3.63, 3.8) is 0 Å². The predicted molar refractivity (Wildman–Crippen MR) is 138 cm³/mol. The zero-order chi connectivity index (χ0) is 23.1. The number of allylic oxidation sites excluding steroid dienone is 2. The molecule has 0 aliphatic heterocycles. The van der Waals surface area contributed by atoms with E-state index in [9.17, 15) is 0 Å². The highest BCUT2D eigenvalue weighted by Gasteiger charge is 2.25. The lowest BCUT2D eigenvalue weighted by atomic mass is 9.78. The van der Waals surface area contributed by atoms with Crippen molar-refractivity contribution < 1.29 is 0 Å². The molecule has 3 rings (SSSR count). The van der Waals surface area contributed by atoms with E-state index in [1.807, 2.05) is 6.20 Å². The molecule has 2 aliphatic rings. The van der Waals surface area contributed by atoms with E-state index in [2.05, 4.69) is 53.8 Å². The summed E-state index contributed by atoms with van der Waals surface area (Å²) >= 11 is 0. The second-order valence-corrected chi connectivity index (χ2v) is 11.2. The van der Waals surface area contributed by atoms with Crippen molar-refractivity contribution in [2.75, 3.05) is 0 Å². The number of hydrogen-bond acceptors (Lipinski definition) is 3. The maximum atomic E-state index is 5.16. The van der Waals surface area contributed by atoms with Gasteiger partial charge in [0.05, 0.1) is 5.69 Å². The molecule has 0 saturated heterocycles. The van der Waals surface area contributed by atoms with Crippen LogP contribution in [-0.4, -0.2) is 22.2 Å². The highest BCUT2D eigenvalue weighted by molar-refractivity contribution is 6.10. The van der Waals surface area contributed by atoms with E-state index >= 15 is 0 Å². The normalized spacial score (nSPS) is 24.6. The van der Waals surface area contributed by atoms with Crippen molar-refractivity contribution in [1.29, 1.82) is 0 Å². The fourth-order valence-electron chi connectivity index (χ4n) is 5.06.